The molecule has 0 fully saturated rings. The van der Waals surface area contributed by atoms with Gasteiger partial charge in [-0.25, -0.2) is 13.1 Å². The van der Waals surface area contributed by atoms with Gasteiger partial charge in [0, 0.05) is 29.7 Å². The SMILES string of the molecule is CC(=O)Nc1ccc(S(=O)(=O)NCCC(=O)OCc2nc(-c3cccc(Cl)c3)no2)cc1. The number of hydrogen-bond donors (Lipinski definition) is 2. The molecule has 0 saturated carbocycles. The van der Waals surface area contributed by atoms with E-state index in [9.17, 15) is 18.0 Å². The largest absolute Gasteiger partial charge is 0.456 e. The zero-order chi connectivity index (χ0) is 23.1. The van der Waals surface area contributed by atoms with Gasteiger partial charge < -0.3 is 14.6 Å². The topological polar surface area (TPSA) is 140 Å². The Balaban J connectivity index is 1.45. The molecule has 168 valence electrons. The summed E-state index contributed by atoms with van der Waals surface area (Å²) in [6.45, 7) is 0.942. The fourth-order valence-electron chi connectivity index (χ4n) is 2.56. The molecule has 2 N–H and O–H groups in total. The van der Waals surface area contributed by atoms with Gasteiger partial charge in [0.15, 0.2) is 6.61 Å². The van der Waals surface area contributed by atoms with Crippen LogP contribution in [0.2, 0.25) is 5.02 Å². The average molecular weight is 479 g/mol. The first kappa shape index (κ1) is 23.4. The smallest absolute Gasteiger partial charge is 0.307 e. The summed E-state index contributed by atoms with van der Waals surface area (Å²) in [6.07, 6.45) is -0.196. The standard InChI is InChI=1S/C20H19ClN4O6S/c1-13(26)23-16-5-7-17(8-6-16)32(28,29)22-10-9-19(27)30-12-18-24-20(25-31-18)14-3-2-4-15(21)11-14/h2-8,11,22H,9-10,12H2,1H3,(H,23,26). The van der Waals surface area contributed by atoms with Crippen molar-refractivity contribution in [3.05, 3.63) is 59.4 Å². The fraction of sp³-hybridized carbons (Fsp3) is 0.200. The first-order chi connectivity index (χ1) is 15.2. The van der Waals surface area contributed by atoms with Crippen molar-refractivity contribution in [1.82, 2.24) is 14.9 Å². The van der Waals surface area contributed by atoms with E-state index in [4.69, 9.17) is 20.9 Å². The monoisotopic (exact) mass is 478 g/mol. The zero-order valence-electron chi connectivity index (χ0n) is 16.9. The van der Waals surface area contributed by atoms with Gasteiger partial charge in [-0.3, -0.25) is 9.59 Å². The second-order valence-electron chi connectivity index (χ2n) is 6.54. The van der Waals surface area contributed by atoms with E-state index in [0.29, 0.717) is 22.1 Å². The van der Waals surface area contributed by atoms with E-state index in [1.807, 2.05) is 0 Å². The first-order valence-corrected chi connectivity index (χ1v) is 11.2. The van der Waals surface area contributed by atoms with Crippen LogP contribution in [0.3, 0.4) is 0 Å². The second kappa shape index (κ2) is 10.4. The molecule has 1 amide bonds. The Hall–Kier alpha value is -3.28. The van der Waals surface area contributed by atoms with Gasteiger partial charge in [-0.1, -0.05) is 28.9 Å². The van der Waals surface area contributed by atoms with Gasteiger partial charge in [0.1, 0.15) is 0 Å². The van der Waals surface area contributed by atoms with Crippen LogP contribution in [0.25, 0.3) is 11.4 Å². The molecule has 0 radical (unpaired) electrons. The third kappa shape index (κ3) is 6.61. The number of rotatable bonds is 9. The molecule has 0 aliphatic heterocycles. The van der Waals surface area contributed by atoms with E-state index in [1.165, 1.54) is 31.2 Å². The predicted molar refractivity (Wildman–Crippen MR) is 115 cm³/mol. The summed E-state index contributed by atoms with van der Waals surface area (Å²) >= 11 is 5.93. The lowest BCUT2D eigenvalue weighted by Crippen LogP contribution is -2.26. The summed E-state index contributed by atoms with van der Waals surface area (Å²) in [5, 5.41) is 6.87. The maximum Gasteiger partial charge on any atom is 0.307 e. The number of aromatic nitrogens is 2. The van der Waals surface area contributed by atoms with E-state index in [-0.39, 0.29) is 36.3 Å². The normalized spacial score (nSPS) is 11.2. The summed E-state index contributed by atoms with van der Waals surface area (Å²) in [7, 11) is -3.82. The second-order valence-corrected chi connectivity index (χ2v) is 8.74. The minimum Gasteiger partial charge on any atom is -0.456 e. The van der Waals surface area contributed by atoms with Crippen molar-refractivity contribution in [2.75, 3.05) is 11.9 Å². The van der Waals surface area contributed by atoms with E-state index < -0.39 is 16.0 Å². The minimum atomic E-state index is -3.82. The van der Waals surface area contributed by atoms with Gasteiger partial charge in [0.05, 0.1) is 11.3 Å². The Morgan fingerprint density at radius 3 is 2.59 bits per heavy atom. The van der Waals surface area contributed by atoms with Gasteiger partial charge in [0.2, 0.25) is 21.8 Å². The fourth-order valence-corrected chi connectivity index (χ4v) is 3.79. The van der Waals surface area contributed by atoms with Crippen molar-refractivity contribution in [1.29, 1.82) is 0 Å². The number of nitrogens with one attached hydrogen (secondary N) is 2. The molecule has 0 aliphatic rings. The van der Waals surface area contributed by atoms with Crippen molar-refractivity contribution in [2.45, 2.75) is 24.8 Å². The number of carbonyl (C=O) groups is 2. The maximum absolute atomic E-state index is 12.3. The van der Waals surface area contributed by atoms with Crippen LogP contribution < -0.4 is 10.0 Å². The Kier molecular flexibility index (Phi) is 7.57. The number of esters is 1. The van der Waals surface area contributed by atoms with Gasteiger partial charge >= 0.3 is 5.97 Å². The van der Waals surface area contributed by atoms with E-state index in [2.05, 4.69) is 20.2 Å². The number of ether oxygens (including phenoxy) is 1. The quantitative estimate of drug-likeness (QED) is 0.447. The van der Waals surface area contributed by atoms with Crippen LogP contribution in [0.4, 0.5) is 5.69 Å². The number of halogens is 1. The molecular formula is C20H19ClN4O6S. The predicted octanol–water partition coefficient (Wildman–Crippen LogP) is 2.76. The highest BCUT2D eigenvalue weighted by molar-refractivity contribution is 7.89. The molecule has 2 aromatic carbocycles. The van der Waals surface area contributed by atoms with Gasteiger partial charge in [-0.05, 0) is 36.4 Å². The third-order valence-electron chi connectivity index (χ3n) is 4.01. The van der Waals surface area contributed by atoms with Crippen LogP contribution in [-0.4, -0.2) is 37.0 Å². The summed E-state index contributed by atoms with van der Waals surface area (Å²) in [5.41, 5.74) is 1.12. The summed E-state index contributed by atoms with van der Waals surface area (Å²) in [4.78, 5) is 27.0. The molecule has 1 aromatic heterocycles. The Morgan fingerprint density at radius 1 is 1.16 bits per heavy atom. The van der Waals surface area contributed by atoms with E-state index >= 15 is 0 Å². The van der Waals surface area contributed by atoms with E-state index in [0.717, 1.165) is 0 Å². The number of amides is 1. The Morgan fingerprint density at radius 2 is 1.91 bits per heavy atom. The van der Waals surface area contributed by atoms with Crippen molar-refractivity contribution >= 4 is 39.2 Å². The molecule has 0 unspecified atom stereocenters. The average Bonchev–Trinajstić information content (AvgIpc) is 3.21. The molecule has 0 aliphatic carbocycles. The summed E-state index contributed by atoms with van der Waals surface area (Å²) in [6, 6.07) is 12.5. The number of carbonyl (C=O) groups excluding carboxylic acids is 2. The summed E-state index contributed by atoms with van der Waals surface area (Å²) in [5.74, 6) is -0.515. The van der Waals surface area contributed by atoms with Gasteiger partial charge in [-0.15, -0.1) is 0 Å². The molecule has 10 nitrogen and oxygen atoms in total. The van der Waals surface area contributed by atoms with Crippen LogP contribution in [-0.2, 0) is 31.0 Å². The number of anilines is 1. The molecule has 0 bridgehead atoms. The molecule has 0 saturated heterocycles. The number of sulfonamides is 1. The maximum atomic E-state index is 12.3. The minimum absolute atomic E-state index is 0.000580. The van der Waals surface area contributed by atoms with Crippen molar-refractivity contribution < 1.29 is 27.3 Å². The van der Waals surface area contributed by atoms with Crippen molar-refractivity contribution in [3.8, 4) is 11.4 Å². The molecule has 0 spiro atoms. The van der Waals surface area contributed by atoms with Crippen LogP contribution in [0.1, 0.15) is 19.2 Å². The highest BCUT2D eigenvalue weighted by Gasteiger charge is 2.16. The van der Waals surface area contributed by atoms with E-state index in [1.54, 1.807) is 24.3 Å². The number of benzene rings is 2. The highest BCUT2D eigenvalue weighted by atomic mass is 35.5. The van der Waals surface area contributed by atoms with Crippen molar-refractivity contribution in [3.63, 3.8) is 0 Å². The van der Waals surface area contributed by atoms with Crippen molar-refractivity contribution in [2.24, 2.45) is 0 Å². The number of hydrogen-bond acceptors (Lipinski definition) is 8. The lowest BCUT2D eigenvalue weighted by Gasteiger charge is -2.08. The van der Waals surface area contributed by atoms with Crippen LogP contribution in [0.5, 0.6) is 0 Å². The molecule has 12 heteroatoms. The molecule has 3 rings (SSSR count). The Labute approximate surface area is 189 Å². The van der Waals surface area contributed by atoms with Gasteiger partial charge in [0.25, 0.3) is 5.89 Å². The molecular weight excluding hydrogens is 460 g/mol. The molecule has 1 heterocycles. The lowest BCUT2D eigenvalue weighted by atomic mass is 10.2. The van der Waals surface area contributed by atoms with Crippen LogP contribution in [0.15, 0.2) is 57.9 Å². The zero-order valence-corrected chi connectivity index (χ0v) is 18.4. The highest BCUT2D eigenvalue weighted by Crippen LogP contribution is 2.20. The van der Waals surface area contributed by atoms with Crippen LogP contribution >= 0.6 is 11.6 Å². The first-order valence-electron chi connectivity index (χ1n) is 9.34. The van der Waals surface area contributed by atoms with Crippen LogP contribution in [0, 0.1) is 0 Å². The molecule has 0 atom stereocenters. The molecule has 32 heavy (non-hydrogen) atoms. The van der Waals surface area contributed by atoms with Gasteiger partial charge in [-0.2, -0.15) is 4.98 Å². The molecule has 3 aromatic rings. The lowest BCUT2D eigenvalue weighted by molar-refractivity contribution is -0.145. The number of nitrogens with zero attached hydrogens (tertiary/aromatic N) is 2. The third-order valence-corrected chi connectivity index (χ3v) is 5.73. The Bertz CT molecular complexity index is 1210. The summed E-state index contributed by atoms with van der Waals surface area (Å²) < 4.78 is 37.0.